The lowest BCUT2D eigenvalue weighted by Gasteiger charge is -2.19. The zero-order valence-corrected chi connectivity index (χ0v) is 19.9. The molecule has 2 N–H and O–H groups in total. The molecule has 166 valence electrons. The molecular formula is C27H30N2O2S. The van der Waals surface area contributed by atoms with E-state index in [1.54, 1.807) is 0 Å². The lowest BCUT2D eigenvalue weighted by atomic mass is 9.86. The number of nitrogens with one attached hydrogen (secondary N) is 2. The molecule has 0 radical (unpaired) electrons. The third-order valence-corrected chi connectivity index (χ3v) is 5.33. The molecule has 0 aliphatic rings. The van der Waals surface area contributed by atoms with E-state index in [-0.39, 0.29) is 11.2 Å². The highest BCUT2D eigenvalue weighted by Gasteiger charge is 2.15. The fourth-order valence-corrected chi connectivity index (χ4v) is 3.44. The minimum Gasteiger partial charge on any atom is -0.494 e. The summed E-state index contributed by atoms with van der Waals surface area (Å²) in [7, 11) is 0. The average molecular weight is 447 g/mol. The molecule has 3 rings (SSSR count). The van der Waals surface area contributed by atoms with Crippen molar-refractivity contribution in [2.45, 2.75) is 39.7 Å². The van der Waals surface area contributed by atoms with E-state index in [0.29, 0.717) is 29.4 Å². The molecule has 0 bridgehead atoms. The van der Waals surface area contributed by atoms with Crippen LogP contribution >= 0.6 is 12.2 Å². The molecule has 0 saturated carbocycles. The highest BCUT2D eigenvalue weighted by Crippen LogP contribution is 2.23. The molecular weight excluding hydrogens is 416 g/mol. The Bertz CT molecular complexity index is 1070. The highest BCUT2D eigenvalue weighted by atomic mass is 32.1. The zero-order chi connectivity index (χ0) is 23.1. The standard InChI is InChI=1S/C27H30N2O2S/c1-5-31-24-15-9-19(10-16-24)18-28-26(32)29-23-8-6-7-21(17-23)25(30)20-11-13-22(14-12-20)27(2,3)4/h6-17H,5,18H2,1-4H3,(H2,28,29,32). The van der Waals surface area contributed by atoms with E-state index < -0.39 is 0 Å². The molecule has 32 heavy (non-hydrogen) atoms. The molecule has 0 atom stereocenters. The van der Waals surface area contributed by atoms with Crippen LogP contribution < -0.4 is 15.4 Å². The SMILES string of the molecule is CCOc1ccc(CNC(=S)Nc2cccc(C(=O)c3ccc(C(C)(C)C)cc3)c2)cc1. The van der Waals surface area contributed by atoms with Gasteiger partial charge in [-0.05, 0) is 59.9 Å². The summed E-state index contributed by atoms with van der Waals surface area (Å²) in [6.07, 6.45) is 0. The van der Waals surface area contributed by atoms with Crippen molar-refractivity contribution in [2.75, 3.05) is 11.9 Å². The van der Waals surface area contributed by atoms with Gasteiger partial charge in [-0.1, -0.05) is 69.3 Å². The monoisotopic (exact) mass is 446 g/mol. The van der Waals surface area contributed by atoms with E-state index in [1.807, 2.05) is 79.7 Å². The van der Waals surface area contributed by atoms with Gasteiger partial charge < -0.3 is 15.4 Å². The van der Waals surface area contributed by atoms with Crippen molar-refractivity contribution >= 4 is 28.8 Å². The minimum atomic E-state index is -0.0117. The minimum absolute atomic E-state index is 0.0117. The van der Waals surface area contributed by atoms with Crippen LogP contribution in [0.1, 0.15) is 54.7 Å². The Morgan fingerprint density at radius 1 is 0.938 bits per heavy atom. The molecule has 3 aromatic carbocycles. The number of carbonyl (C=O) groups excluding carboxylic acids is 1. The van der Waals surface area contributed by atoms with Gasteiger partial charge in [-0.3, -0.25) is 4.79 Å². The maximum atomic E-state index is 12.9. The Morgan fingerprint density at radius 3 is 2.25 bits per heavy atom. The summed E-state index contributed by atoms with van der Waals surface area (Å²) in [6, 6.07) is 23.1. The van der Waals surface area contributed by atoms with E-state index >= 15 is 0 Å². The summed E-state index contributed by atoms with van der Waals surface area (Å²) in [5.74, 6) is 0.842. The second-order valence-corrected chi connectivity index (χ2v) is 9.03. The fourth-order valence-electron chi connectivity index (χ4n) is 3.25. The summed E-state index contributed by atoms with van der Waals surface area (Å²) in [6.45, 7) is 9.68. The smallest absolute Gasteiger partial charge is 0.193 e. The molecule has 3 aromatic rings. The lowest BCUT2D eigenvalue weighted by molar-refractivity contribution is 0.103. The summed E-state index contributed by atoms with van der Waals surface area (Å²) >= 11 is 5.42. The van der Waals surface area contributed by atoms with E-state index in [9.17, 15) is 4.79 Å². The van der Waals surface area contributed by atoms with Crippen molar-refractivity contribution in [1.29, 1.82) is 0 Å². The molecule has 4 nitrogen and oxygen atoms in total. The largest absolute Gasteiger partial charge is 0.494 e. The Hall–Kier alpha value is -3.18. The number of anilines is 1. The van der Waals surface area contributed by atoms with Gasteiger partial charge in [-0.25, -0.2) is 0 Å². The average Bonchev–Trinajstić information content (AvgIpc) is 2.78. The quantitative estimate of drug-likeness (QED) is 0.339. The van der Waals surface area contributed by atoms with Crippen molar-refractivity contribution in [3.05, 3.63) is 95.1 Å². The number of benzene rings is 3. The third kappa shape index (κ3) is 6.41. The fraction of sp³-hybridized carbons (Fsp3) is 0.259. The Balaban J connectivity index is 1.60. The van der Waals surface area contributed by atoms with Gasteiger partial charge in [0, 0.05) is 23.4 Å². The highest BCUT2D eigenvalue weighted by molar-refractivity contribution is 7.80. The summed E-state index contributed by atoms with van der Waals surface area (Å²) in [4.78, 5) is 12.9. The maximum Gasteiger partial charge on any atom is 0.193 e. The molecule has 0 aliphatic carbocycles. The molecule has 0 fully saturated rings. The Kier molecular flexibility index (Phi) is 7.65. The normalized spacial score (nSPS) is 11.0. The van der Waals surface area contributed by atoms with Crippen LogP contribution in [-0.4, -0.2) is 17.5 Å². The first-order valence-corrected chi connectivity index (χ1v) is 11.2. The first-order chi connectivity index (χ1) is 15.3. The van der Waals surface area contributed by atoms with E-state index in [4.69, 9.17) is 17.0 Å². The van der Waals surface area contributed by atoms with E-state index in [2.05, 4.69) is 31.4 Å². The lowest BCUT2D eigenvalue weighted by Crippen LogP contribution is -2.27. The molecule has 0 saturated heterocycles. The van der Waals surface area contributed by atoms with Crippen molar-refractivity contribution in [1.82, 2.24) is 5.32 Å². The first kappa shape index (κ1) is 23.5. The van der Waals surface area contributed by atoms with Crippen LogP contribution in [0.15, 0.2) is 72.8 Å². The summed E-state index contributed by atoms with van der Waals surface area (Å²) in [5.41, 5.74) is 4.42. The molecule has 0 amide bonds. The molecule has 0 unspecified atom stereocenters. The van der Waals surface area contributed by atoms with Crippen LogP contribution in [0.2, 0.25) is 0 Å². The molecule has 0 spiro atoms. The second-order valence-electron chi connectivity index (χ2n) is 8.62. The third-order valence-electron chi connectivity index (χ3n) is 5.08. The van der Waals surface area contributed by atoms with Crippen molar-refractivity contribution < 1.29 is 9.53 Å². The van der Waals surface area contributed by atoms with Gasteiger partial charge >= 0.3 is 0 Å². The summed E-state index contributed by atoms with van der Waals surface area (Å²) in [5, 5.41) is 6.86. The van der Waals surface area contributed by atoms with Crippen molar-refractivity contribution in [3.63, 3.8) is 0 Å². The number of thiocarbonyl (C=S) groups is 1. The number of ether oxygens (including phenoxy) is 1. The number of hydrogen-bond acceptors (Lipinski definition) is 3. The topological polar surface area (TPSA) is 50.4 Å². The van der Waals surface area contributed by atoms with Gasteiger partial charge in [0.2, 0.25) is 0 Å². The predicted octanol–water partition coefficient (Wildman–Crippen LogP) is 6.10. The zero-order valence-electron chi connectivity index (χ0n) is 19.1. The van der Waals surface area contributed by atoms with Crippen LogP contribution in [0, 0.1) is 0 Å². The number of carbonyl (C=O) groups is 1. The second kappa shape index (κ2) is 10.4. The van der Waals surface area contributed by atoms with Crippen molar-refractivity contribution in [2.24, 2.45) is 0 Å². The molecule has 0 aliphatic heterocycles. The molecule has 0 aromatic heterocycles. The van der Waals surface area contributed by atoms with Crippen LogP contribution in [0.25, 0.3) is 0 Å². The van der Waals surface area contributed by atoms with Gasteiger partial charge in [0.25, 0.3) is 0 Å². The number of rotatable bonds is 7. The van der Waals surface area contributed by atoms with Crippen LogP contribution in [-0.2, 0) is 12.0 Å². The predicted molar refractivity (Wildman–Crippen MR) is 136 cm³/mol. The van der Waals surface area contributed by atoms with Gasteiger partial charge in [-0.15, -0.1) is 0 Å². The van der Waals surface area contributed by atoms with Gasteiger partial charge in [0.15, 0.2) is 10.9 Å². The van der Waals surface area contributed by atoms with Gasteiger partial charge in [-0.2, -0.15) is 0 Å². The van der Waals surface area contributed by atoms with Gasteiger partial charge in [0.1, 0.15) is 5.75 Å². The first-order valence-electron chi connectivity index (χ1n) is 10.8. The Morgan fingerprint density at radius 2 is 1.62 bits per heavy atom. The van der Waals surface area contributed by atoms with Crippen molar-refractivity contribution in [3.8, 4) is 5.75 Å². The number of ketones is 1. The van der Waals surface area contributed by atoms with Gasteiger partial charge in [0.05, 0.1) is 6.61 Å². The van der Waals surface area contributed by atoms with Crippen LogP contribution in [0.5, 0.6) is 5.75 Å². The molecule has 5 heteroatoms. The van der Waals surface area contributed by atoms with E-state index in [1.165, 1.54) is 5.56 Å². The van der Waals surface area contributed by atoms with E-state index in [0.717, 1.165) is 17.0 Å². The molecule has 0 heterocycles. The van der Waals surface area contributed by atoms with Crippen LogP contribution in [0.3, 0.4) is 0 Å². The maximum absolute atomic E-state index is 12.9. The summed E-state index contributed by atoms with van der Waals surface area (Å²) < 4.78 is 5.46. The Labute approximate surface area is 196 Å². The van der Waals surface area contributed by atoms with Crippen LogP contribution in [0.4, 0.5) is 5.69 Å². The number of hydrogen-bond donors (Lipinski definition) is 2.